The lowest BCUT2D eigenvalue weighted by molar-refractivity contribution is 0.102. The second-order valence-electron chi connectivity index (χ2n) is 5.34. The number of aliphatic hydroxyl groups excluding tert-OH is 1. The van der Waals surface area contributed by atoms with Crippen LogP contribution in [0.4, 0.5) is 5.69 Å². The van der Waals surface area contributed by atoms with Gasteiger partial charge in [-0.15, -0.1) is 0 Å². The van der Waals surface area contributed by atoms with E-state index in [4.69, 9.17) is 4.42 Å². The summed E-state index contributed by atoms with van der Waals surface area (Å²) in [6.07, 6.45) is 0. The van der Waals surface area contributed by atoms with E-state index in [1.54, 1.807) is 25.1 Å². The fourth-order valence-corrected chi connectivity index (χ4v) is 2.48. The van der Waals surface area contributed by atoms with Crippen molar-refractivity contribution in [2.45, 2.75) is 20.5 Å². The fraction of sp³-hybridized carbons (Fsp3) is 0.167. The highest BCUT2D eigenvalue weighted by molar-refractivity contribution is 6.13. The van der Waals surface area contributed by atoms with Crippen molar-refractivity contribution in [2.24, 2.45) is 0 Å². The minimum absolute atomic E-state index is 0.0702. The molecule has 0 aliphatic rings. The molecule has 0 aliphatic carbocycles. The molecule has 22 heavy (non-hydrogen) atoms. The number of furan rings is 1. The van der Waals surface area contributed by atoms with Gasteiger partial charge in [0.1, 0.15) is 11.3 Å². The molecule has 4 nitrogen and oxygen atoms in total. The molecule has 0 saturated carbocycles. The Labute approximate surface area is 128 Å². The molecule has 112 valence electrons. The summed E-state index contributed by atoms with van der Waals surface area (Å²) in [5.41, 5.74) is 3.77. The van der Waals surface area contributed by atoms with Crippen molar-refractivity contribution in [3.8, 4) is 0 Å². The monoisotopic (exact) mass is 295 g/mol. The molecule has 0 bridgehead atoms. The van der Waals surface area contributed by atoms with E-state index in [1.807, 2.05) is 31.2 Å². The number of amides is 1. The quantitative estimate of drug-likeness (QED) is 0.772. The summed E-state index contributed by atoms with van der Waals surface area (Å²) in [5, 5.41) is 12.9. The molecule has 0 spiro atoms. The van der Waals surface area contributed by atoms with Crippen LogP contribution in [0.2, 0.25) is 0 Å². The van der Waals surface area contributed by atoms with Crippen LogP contribution >= 0.6 is 0 Å². The molecule has 0 fully saturated rings. The SMILES string of the molecule is Cc1ccc(NC(=O)c2c(C)oc3ccc(CO)cc23)cc1. The Hall–Kier alpha value is -2.59. The van der Waals surface area contributed by atoms with Gasteiger partial charge in [0.15, 0.2) is 0 Å². The lowest BCUT2D eigenvalue weighted by Crippen LogP contribution is -2.12. The number of hydrogen-bond donors (Lipinski definition) is 2. The molecule has 1 aromatic heterocycles. The fourth-order valence-electron chi connectivity index (χ4n) is 2.48. The van der Waals surface area contributed by atoms with Crippen molar-refractivity contribution in [1.29, 1.82) is 0 Å². The number of aryl methyl sites for hydroxylation is 2. The molecule has 3 rings (SSSR count). The Bertz CT molecular complexity index is 831. The molecule has 0 saturated heterocycles. The molecule has 0 aliphatic heterocycles. The molecule has 0 unspecified atom stereocenters. The zero-order valence-corrected chi connectivity index (χ0v) is 12.5. The number of rotatable bonds is 3. The van der Waals surface area contributed by atoms with Gasteiger partial charge in [-0.05, 0) is 43.7 Å². The molecule has 2 N–H and O–H groups in total. The third-order valence-electron chi connectivity index (χ3n) is 3.65. The van der Waals surface area contributed by atoms with Gasteiger partial charge in [0.2, 0.25) is 0 Å². The molecule has 4 heteroatoms. The molecule has 3 aromatic rings. The third-order valence-corrected chi connectivity index (χ3v) is 3.65. The first kappa shape index (κ1) is 14.4. The zero-order valence-electron chi connectivity index (χ0n) is 12.5. The lowest BCUT2D eigenvalue weighted by Gasteiger charge is -2.05. The van der Waals surface area contributed by atoms with Crippen LogP contribution in [-0.2, 0) is 6.61 Å². The van der Waals surface area contributed by atoms with Gasteiger partial charge >= 0.3 is 0 Å². The van der Waals surface area contributed by atoms with Crippen LogP contribution in [0, 0.1) is 13.8 Å². The van der Waals surface area contributed by atoms with Crippen molar-refractivity contribution in [2.75, 3.05) is 5.32 Å². The summed E-state index contributed by atoms with van der Waals surface area (Å²) < 4.78 is 5.63. The lowest BCUT2D eigenvalue weighted by atomic mass is 10.1. The number of fused-ring (bicyclic) bond motifs is 1. The largest absolute Gasteiger partial charge is 0.461 e. The van der Waals surface area contributed by atoms with Gasteiger partial charge in [0.05, 0.1) is 12.2 Å². The number of carbonyl (C=O) groups excluding carboxylic acids is 1. The number of hydrogen-bond acceptors (Lipinski definition) is 3. The second-order valence-corrected chi connectivity index (χ2v) is 5.34. The highest BCUT2D eigenvalue weighted by atomic mass is 16.3. The van der Waals surface area contributed by atoms with Gasteiger partial charge in [0, 0.05) is 11.1 Å². The minimum Gasteiger partial charge on any atom is -0.461 e. The predicted octanol–water partition coefficient (Wildman–Crippen LogP) is 3.79. The summed E-state index contributed by atoms with van der Waals surface area (Å²) in [6, 6.07) is 13.0. The average molecular weight is 295 g/mol. The normalized spacial score (nSPS) is 10.9. The summed E-state index contributed by atoms with van der Waals surface area (Å²) in [6.45, 7) is 3.69. The van der Waals surface area contributed by atoms with E-state index in [-0.39, 0.29) is 12.5 Å². The van der Waals surface area contributed by atoms with Crippen molar-refractivity contribution < 1.29 is 14.3 Å². The van der Waals surface area contributed by atoms with Crippen LogP contribution in [0.15, 0.2) is 46.9 Å². The molecule has 0 atom stereocenters. The van der Waals surface area contributed by atoms with Crippen molar-refractivity contribution in [3.63, 3.8) is 0 Å². The van der Waals surface area contributed by atoms with E-state index in [0.29, 0.717) is 22.3 Å². The van der Waals surface area contributed by atoms with Gasteiger partial charge in [-0.3, -0.25) is 4.79 Å². The topological polar surface area (TPSA) is 62.5 Å². The summed E-state index contributed by atoms with van der Waals surface area (Å²) >= 11 is 0. The maximum atomic E-state index is 12.6. The number of anilines is 1. The van der Waals surface area contributed by atoms with Crippen LogP contribution in [0.3, 0.4) is 0 Å². The Balaban J connectivity index is 1.99. The Morgan fingerprint density at radius 1 is 1.14 bits per heavy atom. The van der Waals surface area contributed by atoms with Crippen LogP contribution in [0.1, 0.15) is 27.2 Å². The Kier molecular flexibility index (Phi) is 3.69. The van der Waals surface area contributed by atoms with Crippen LogP contribution in [0.25, 0.3) is 11.0 Å². The van der Waals surface area contributed by atoms with Crippen molar-refractivity contribution >= 4 is 22.6 Å². The molecular weight excluding hydrogens is 278 g/mol. The van der Waals surface area contributed by atoms with Gasteiger partial charge in [0.25, 0.3) is 5.91 Å². The smallest absolute Gasteiger partial charge is 0.259 e. The van der Waals surface area contributed by atoms with E-state index >= 15 is 0 Å². The predicted molar refractivity (Wildman–Crippen MR) is 86.0 cm³/mol. The minimum atomic E-state index is -0.213. The second kappa shape index (κ2) is 5.66. The van der Waals surface area contributed by atoms with Crippen molar-refractivity contribution in [3.05, 3.63) is 64.9 Å². The molecule has 2 aromatic carbocycles. The standard InChI is InChI=1S/C18H17NO3/c1-11-3-6-14(7-4-11)19-18(21)17-12(2)22-16-8-5-13(10-20)9-15(16)17/h3-9,20H,10H2,1-2H3,(H,19,21). The summed E-state index contributed by atoms with van der Waals surface area (Å²) in [5.74, 6) is 0.352. The highest BCUT2D eigenvalue weighted by Gasteiger charge is 2.18. The first-order valence-electron chi connectivity index (χ1n) is 7.09. The number of carbonyl (C=O) groups is 1. The van der Waals surface area contributed by atoms with Crippen LogP contribution < -0.4 is 5.32 Å². The van der Waals surface area contributed by atoms with Crippen LogP contribution in [0.5, 0.6) is 0 Å². The maximum absolute atomic E-state index is 12.6. The zero-order chi connectivity index (χ0) is 15.7. The summed E-state index contributed by atoms with van der Waals surface area (Å²) in [4.78, 5) is 12.6. The third kappa shape index (κ3) is 2.61. The van der Waals surface area contributed by atoms with Gasteiger partial charge in [-0.2, -0.15) is 0 Å². The first-order chi connectivity index (χ1) is 10.6. The summed E-state index contributed by atoms with van der Waals surface area (Å²) in [7, 11) is 0. The van der Waals surface area contributed by atoms with E-state index in [1.165, 1.54) is 0 Å². The van der Waals surface area contributed by atoms with Gasteiger partial charge in [-0.25, -0.2) is 0 Å². The van der Waals surface area contributed by atoms with E-state index < -0.39 is 0 Å². The van der Waals surface area contributed by atoms with E-state index in [9.17, 15) is 9.90 Å². The van der Waals surface area contributed by atoms with Crippen LogP contribution in [-0.4, -0.2) is 11.0 Å². The van der Waals surface area contributed by atoms with E-state index in [0.717, 1.165) is 16.8 Å². The van der Waals surface area contributed by atoms with Gasteiger partial charge in [-0.1, -0.05) is 23.8 Å². The average Bonchev–Trinajstić information content (AvgIpc) is 2.84. The number of benzene rings is 2. The highest BCUT2D eigenvalue weighted by Crippen LogP contribution is 2.27. The first-order valence-corrected chi connectivity index (χ1v) is 7.09. The van der Waals surface area contributed by atoms with E-state index in [2.05, 4.69) is 5.32 Å². The maximum Gasteiger partial charge on any atom is 0.259 e. The molecule has 0 radical (unpaired) electrons. The molecular formula is C18H17NO3. The Morgan fingerprint density at radius 2 is 1.86 bits per heavy atom. The van der Waals surface area contributed by atoms with Crippen molar-refractivity contribution in [1.82, 2.24) is 0 Å². The van der Waals surface area contributed by atoms with Gasteiger partial charge < -0.3 is 14.8 Å². The number of nitrogens with one attached hydrogen (secondary N) is 1. The Morgan fingerprint density at radius 3 is 2.55 bits per heavy atom. The molecule has 1 amide bonds. The number of aliphatic hydroxyl groups is 1. The molecule has 1 heterocycles.